The van der Waals surface area contributed by atoms with Crippen molar-refractivity contribution in [3.63, 3.8) is 0 Å². The van der Waals surface area contributed by atoms with Gasteiger partial charge >= 0.3 is 0 Å². The molecular weight excluding hydrogens is 339 g/mol. The Morgan fingerprint density at radius 1 is 1.05 bits per heavy atom. The Labute approximate surface area is 133 Å². The lowest BCUT2D eigenvalue weighted by Crippen LogP contribution is -1.96. The van der Waals surface area contributed by atoms with Crippen molar-refractivity contribution in [3.8, 4) is 0 Å². The van der Waals surface area contributed by atoms with E-state index in [-0.39, 0.29) is 15.7 Å². The average molecular weight is 356 g/mol. The van der Waals surface area contributed by atoms with Gasteiger partial charge in [-0.15, -0.1) is 0 Å². The van der Waals surface area contributed by atoms with Crippen LogP contribution in [0.5, 0.6) is 0 Å². The highest BCUT2D eigenvalue weighted by Crippen LogP contribution is 2.33. The molecule has 0 saturated heterocycles. The standard InChI is InChI=1S/C17H17BrClF/c1-3-11(2)12-4-6-13(7-5-12)17(18)14-8-9-16(20)15(19)10-14/h4-11,17H,3H2,1-2H3. The summed E-state index contributed by atoms with van der Waals surface area (Å²) in [5.74, 6) is 0.181. The van der Waals surface area contributed by atoms with Crippen molar-refractivity contribution >= 4 is 27.5 Å². The van der Waals surface area contributed by atoms with Crippen molar-refractivity contribution in [3.05, 3.63) is 70.0 Å². The summed E-state index contributed by atoms with van der Waals surface area (Å²) in [6.07, 6.45) is 1.13. The normalized spacial score (nSPS) is 14.1. The molecule has 2 rings (SSSR count). The quantitative estimate of drug-likeness (QED) is 0.551. The van der Waals surface area contributed by atoms with Crippen LogP contribution in [0.25, 0.3) is 0 Å². The minimum atomic E-state index is -0.387. The molecule has 0 aromatic heterocycles. The highest BCUT2D eigenvalue weighted by atomic mass is 79.9. The van der Waals surface area contributed by atoms with Gasteiger partial charge < -0.3 is 0 Å². The zero-order valence-electron chi connectivity index (χ0n) is 11.5. The predicted molar refractivity (Wildman–Crippen MR) is 87.3 cm³/mol. The molecule has 0 fully saturated rings. The second-order valence-corrected chi connectivity index (χ2v) is 6.33. The number of rotatable bonds is 4. The van der Waals surface area contributed by atoms with E-state index in [0.717, 1.165) is 17.5 Å². The molecule has 0 heterocycles. The lowest BCUT2D eigenvalue weighted by Gasteiger charge is -2.14. The molecule has 0 N–H and O–H groups in total. The Morgan fingerprint density at radius 3 is 2.15 bits per heavy atom. The third-order valence-electron chi connectivity index (χ3n) is 3.65. The molecule has 0 saturated carbocycles. The number of benzene rings is 2. The van der Waals surface area contributed by atoms with E-state index in [2.05, 4.69) is 54.0 Å². The van der Waals surface area contributed by atoms with E-state index >= 15 is 0 Å². The minimum Gasteiger partial charge on any atom is -0.205 e. The molecule has 2 unspecified atom stereocenters. The van der Waals surface area contributed by atoms with Crippen LogP contribution in [0.1, 0.15) is 47.7 Å². The monoisotopic (exact) mass is 354 g/mol. The van der Waals surface area contributed by atoms with Gasteiger partial charge in [0.25, 0.3) is 0 Å². The SMILES string of the molecule is CCC(C)c1ccc(C(Br)c2ccc(F)c(Cl)c2)cc1. The summed E-state index contributed by atoms with van der Waals surface area (Å²) in [6, 6.07) is 13.4. The van der Waals surface area contributed by atoms with Crippen LogP contribution >= 0.6 is 27.5 Å². The third kappa shape index (κ3) is 3.42. The molecule has 0 aliphatic carbocycles. The molecule has 20 heavy (non-hydrogen) atoms. The number of hydrogen-bond acceptors (Lipinski definition) is 0. The molecule has 0 bridgehead atoms. The van der Waals surface area contributed by atoms with Gasteiger partial charge in [0.2, 0.25) is 0 Å². The Morgan fingerprint density at radius 2 is 1.60 bits per heavy atom. The molecule has 2 aromatic rings. The molecule has 0 aliphatic heterocycles. The first kappa shape index (κ1) is 15.5. The summed E-state index contributed by atoms with van der Waals surface area (Å²) < 4.78 is 13.2. The maximum atomic E-state index is 13.2. The number of alkyl halides is 1. The van der Waals surface area contributed by atoms with Crippen LogP contribution in [-0.4, -0.2) is 0 Å². The van der Waals surface area contributed by atoms with E-state index in [9.17, 15) is 4.39 Å². The number of halogens is 3. The van der Waals surface area contributed by atoms with Gasteiger partial charge in [-0.25, -0.2) is 4.39 Å². The fraction of sp³-hybridized carbons (Fsp3) is 0.294. The summed E-state index contributed by atoms with van der Waals surface area (Å²) in [4.78, 5) is 0.0200. The van der Waals surface area contributed by atoms with Crippen molar-refractivity contribution in [1.29, 1.82) is 0 Å². The topological polar surface area (TPSA) is 0 Å². The van der Waals surface area contributed by atoms with Crippen LogP contribution in [0.15, 0.2) is 42.5 Å². The van der Waals surface area contributed by atoms with Crippen LogP contribution in [0, 0.1) is 5.82 Å². The zero-order chi connectivity index (χ0) is 14.7. The fourth-order valence-corrected chi connectivity index (χ4v) is 2.87. The van der Waals surface area contributed by atoms with Gasteiger partial charge in [-0.3, -0.25) is 0 Å². The van der Waals surface area contributed by atoms with Crippen molar-refractivity contribution in [1.82, 2.24) is 0 Å². The molecule has 0 nitrogen and oxygen atoms in total. The largest absolute Gasteiger partial charge is 0.205 e. The van der Waals surface area contributed by atoms with Crippen molar-refractivity contribution < 1.29 is 4.39 Å². The molecule has 2 atom stereocenters. The van der Waals surface area contributed by atoms with Crippen LogP contribution in [0.3, 0.4) is 0 Å². The van der Waals surface area contributed by atoms with Gasteiger partial charge in [0, 0.05) is 0 Å². The Kier molecular flexibility index (Phi) is 5.22. The summed E-state index contributed by atoms with van der Waals surface area (Å²) >= 11 is 9.49. The molecule has 3 heteroatoms. The fourth-order valence-electron chi connectivity index (χ4n) is 2.09. The average Bonchev–Trinajstić information content (AvgIpc) is 2.48. The van der Waals surface area contributed by atoms with E-state index in [1.807, 2.05) is 0 Å². The highest BCUT2D eigenvalue weighted by molar-refractivity contribution is 9.09. The summed E-state index contributed by atoms with van der Waals surface area (Å²) in [5.41, 5.74) is 3.43. The van der Waals surface area contributed by atoms with Crippen LogP contribution in [0.2, 0.25) is 5.02 Å². The van der Waals surface area contributed by atoms with Gasteiger partial charge in [-0.05, 0) is 41.2 Å². The molecule has 0 amide bonds. The first-order valence-corrected chi connectivity index (χ1v) is 8.01. The van der Waals surface area contributed by atoms with Gasteiger partial charge in [-0.2, -0.15) is 0 Å². The smallest absolute Gasteiger partial charge is 0.141 e. The molecule has 0 radical (unpaired) electrons. The van der Waals surface area contributed by atoms with Crippen molar-refractivity contribution in [2.24, 2.45) is 0 Å². The van der Waals surface area contributed by atoms with E-state index < -0.39 is 0 Å². The maximum Gasteiger partial charge on any atom is 0.141 e. The van der Waals surface area contributed by atoms with Gasteiger partial charge in [0.15, 0.2) is 0 Å². The molecule has 0 spiro atoms. The van der Waals surface area contributed by atoms with E-state index in [0.29, 0.717) is 5.92 Å². The Balaban J connectivity index is 2.24. The third-order valence-corrected chi connectivity index (χ3v) is 4.99. The van der Waals surface area contributed by atoms with E-state index in [4.69, 9.17) is 11.6 Å². The lowest BCUT2D eigenvalue weighted by atomic mass is 9.96. The predicted octanol–water partition coefficient (Wildman–Crippen LogP) is 6.48. The maximum absolute atomic E-state index is 13.2. The van der Waals surface area contributed by atoms with Gasteiger partial charge in [0.05, 0.1) is 9.85 Å². The van der Waals surface area contributed by atoms with Crippen LogP contribution < -0.4 is 0 Å². The zero-order valence-corrected chi connectivity index (χ0v) is 13.9. The van der Waals surface area contributed by atoms with Crippen LogP contribution in [0.4, 0.5) is 4.39 Å². The molecule has 0 aliphatic rings. The highest BCUT2D eigenvalue weighted by Gasteiger charge is 2.13. The van der Waals surface area contributed by atoms with E-state index in [1.165, 1.54) is 11.6 Å². The van der Waals surface area contributed by atoms with Crippen molar-refractivity contribution in [2.45, 2.75) is 31.0 Å². The van der Waals surface area contributed by atoms with Crippen LogP contribution in [-0.2, 0) is 0 Å². The first-order valence-electron chi connectivity index (χ1n) is 6.71. The number of hydrogen-bond donors (Lipinski definition) is 0. The molecule has 106 valence electrons. The Bertz CT molecular complexity index is 580. The summed E-state index contributed by atoms with van der Waals surface area (Å²) in [7, 11) is 0. The van der Waals surface area contributed by atoms with E-state index in [1.54, 1.807) is 12.1 Å². The molecular formula is C17H17BrClF. The summed E-state index contributed by atoms with van der Waals surface area (Å²) in [6.45, 7) is 4.41. The van der Waals surface area contributed by atoms with Gasteiger partial charge in [-0.1, -0.05) is 71.7 Å². The molecule has 2 aromatic carbocycles. The Hall–Kier alpha value is -0.860. The van der Waals surface area contributed by atoms with Crippen molar-refractivity contribution in [2.75, 3.05) is 0 Å². The minimum absolute atomic E-state index is 0.0200. The second-order valence-electron chi connectivity index (χ2n) is 5.01. The summed E-state index contributed by atoms with van der Waals surface area (Å²) in [5, 5.41) is 0.156. The first-order chi connectivity index (χ1) is 9.52. The lowest BCUT2D eigenvalue weighted by molar-refractivity contribution is 0.627. The van der Waals surface area contributed by atoms with Gasteiger partial charge in [0.1, 0.15) is 5.82 Å². The second kappa shape index (κ2) is 6.73.